The van der Waals surface area contributed by atoms with E-state index in [1.54, 1.807) is 6.33 Å². The molecular formula is C12H15N3O. The third-order valence-corrected chi connectivity index (χ3v) is 3.88. The maximum atomic E-state index is 11.9. The summed E-state index contributed by atoms with van der Waals surface area (Å²) >= 11 is 0. The van der Waals surface area contributed by atoms with Gasteiger partial charge in [-0.1, -0.05) is 6.58 Å². The SMILES string of the molecule is C=CC(=O)N1CCc2[nH]cnc2C12CCC2. The average molecular weight is 217 g/mol. The van der Waals surface area contributed by atoms with Crippen LogP contribution in [-0.2, 0) is 16.8 Å². The Hall–Kier alpha value is -1.58. The van der Waals surface area contributed by atoms with Gasteiger partial charge in [-0.25, -0.2) is 4.98 Å². The molecule has 0 saturated heterocycles. The van der Waals surface area contributed by atoms with E-state index in [4.69, 9.17) is 0 Å². The molecule has 0 unspecified atom stereocenters. The number of carbonyl (C=O) groups excluding carboxylic acids is 1. The first-order chi connectivity index (χ1) is 7.78. The molecule has 4 nitrogen and oxygen atoms in total. The second kappa shape index (κ2) is 3.20. The zero-order valence-electron chi connectivity index (χ0n) is 9.20. The van der Waals surface area contributed by atoms with Crippen LogP contribution in [0.4, 0.5) is 0 Å². The van der Waals surface area contributed by atoms with Crippen molar-refractivity contribution in [1.82, 2.24) is 14.9 Å². The van der Waals surface area contributed by atoms with Crippen molar-refractivity contribution in [2.75, 3.05) is 6.54 Å². The van der Waals surface area contributed by atoms with E-state index in [1.807, 2.05) is 4.90 Å². The summed E-state index contributed by atoms with van der Waals surface area (Å²) in [5, 5.41) is 0. The van der Waals surface area contributed by atoms with Crippen LogP contribution in [0, 0.1) is 0 Å². The van der Waals surface area contributed by atoms with Gasteiger partial charge in [0.25, 0.3) is 0 Å². The summed E-state index contributed by atoms with van der Waals surface area (Å²) in [5.41, 5.74) is 2.16. The quantitative estimate of drug-likeness (QED) is 0.722. The summed E-state index contributed by atoms with van der Waals surface area (Å²) in [6.07, 6.45) is 7.27. The van der Waals surface area contributed by atoms with E-state index in [1.165, 1.54) is 18.2 Å². The van der Waals surface area contributed by atoms with Crippen molar-refractivity contribution < 1.29 is 4.79 Å². The van der Waals surface area contributed by atoms with E-state index in [9.17, 15) is 4.79 Å². The maximum absolute atomic E-state index is 11.9. The van der Waals surface area contributed by atoms with Gasteiger partial charge < -0.3 is 9.88 Å². The highest BCUT2D eigenvalue weighted by molar-refractivity contribution is 5.88. The molecule has 1 saturated carbocycles. The molecule has 1 aliphatic heterocycles. The predicted molar refractivity (Wildman–Crippen MR) is 59.7 cm³/mol. The van der Waals surface area contributed by atoms with Crippen molar-refractivity contribution in [3.8, 4) is 0 Å². The minimum atomic E-state index is -0.126. The Kier molecular flexibility index (Phi) is 1.93. The van der Waals surface area contributed by atoms with Gasteiger partial charge in [-0.3, -0.25) is 4.79 Å². The number of aromatic amines is 1. The van der Waals surface area contributed by atoms with Crippen LogP contribution in [-0.4, -0.2) is 27.3 Å². The van der Waals surface area contributed by atoms with Gasteiger partial charge in [0.2, 0.25) is 5.91 Å². The summed E-state index contributed by atoms with van der Waals surface area (Å²) in [4.78, 5) is 21.4. The highest BCUT2D eigenvalue weighted by Crippen LogP contribution is 2.48. The normalized spacial score (nSPS) is 21.4. The Morgan fingerprint density at radius 3 is 3.06 bits per heavy atom. The standard InChI is InChI=1S/C12H15N3O/c1-2-10(16)15-7-4-9-11(14-8-13-9)12(15)5-3-6-12/h2,8H,1,3-7H2,(H,13,14). The number of H-pyrrole nitrogens is 1. The molecule has 0 atom stereocenters. The molecule has 1 aromatic heterocycles. The topological polar surface area (TPSA) is 49.0 Å². The molecule has 1 N–H and O–H groups in total. The van der Waals surface area contributed by atoms with Crippen LogP contribution in [0.15, 0.2) is 19.0 Å². The highest BCUT2D eigenvalue weighted by atomic mass is 16.2. The molecule has 2 heterocycles. The summed E-state index contributed by atoms with van der Waals surface area (Å²) in [5.74, 6) is 0.0355. The third-order valence-electron chi connectivity index (χ3n) is 3.88. The van der Waals surface area contributed by atoms with E-state index < -0.39 is 0 Å². The molecule has 1 amide bonds. The maximum Gasteiger partial charge on any atom is 0.246 e. The molecule has 84 valence electrons. The van der Waals surface area contributed by atoms with Gasteiger partial charge in [-0.2, -0.15) is 0 Å². The van der Waals surface area contributed by atoms with Crippen LogP contribution in [0.1, 0.15) is 30.7 Å². The third kappa shape index (κ3) is 1.04. The molecule has 1 aromatic rings. The fourth-order valence-corrected chi connectivity index (χ4v) is 2.93. The predicted octanol–water partition coefficient (Wildman–Crippen LogP) is 1.36. The van der Waals surface area contributed by atoms with E-state index in [-0.39, 0.29) is 11.4 Å². The van der Waals surface area contributed by atoms with Crippen LogP contribution in [0.3, 0.4) is 0 Å². The van der Waals surface area contributed by atoms with Gasteiger partial charge in [0.1, 0.15) is 0 Å². The zero-order valence-corrected chi connectivity index (χ0v) is 9.20. The van der Waals surface area contributed by atoms with Crippen molar-refractivity contribution in [2.24, 2.45) is 0 Å². The Morgan fingerprint density at radius 1 is 1.62 bits per heavy atom. The number of aromatic nitrogens is 2. The number of nitrogens with zero attached hydrogens (tertiary/aromatic N) is 2. The number of hydrogen-bond donors (Lipinski definition) is 1. The Bertz CT molecular complexity index is 445. The number of fused-ring (bicyclic) bond motifs is 2. The molecule has 0 radical (unpaired) electrons. The minimum Gasteiger partial charge on any atom is -0.348 e. The van der Waals surface area contributed by atoms with E-state index in [0.717, 1.165) is 31.5 Å². The molecule has 3 rings (SSSR count). The number of nitrogens with one attached hydrogen (secondary N) is 1. The fourth-order valence-electron chi connectivity index (χ4n) is 2.93. The summed E-state index contributed by atoms with van der Waals surface area (Å²) < 4.78 is 0. The average Bonchev–Trinajstić information content (AvgIpc) is 2.72. The van der Waals surface area contributed by atoms with Gasteiger partial charge in [0, 0.05) is 18.7 Å². The van der Waals surface area contributed by atoms with Crippen molar-refractivity contribution in [3.63, 3.8) is 0 Å². The monoisotopic (exact) mass is 217 g/mol. The van der Waals surface area contributed by atoms with Crippen molar-refractivity contribution >= 4 is 5.91 Å². The van der Waals surface area contributed by atoms with Gasteiger partial charge in [0.15, 0.2) is 0 Å². The summed E-state index contributed by atoms with van der Waals surface area (Å²) in [7, 11) is 0. The Labute approximate surface area is 94.4 Å². The molecule has 4 heteroatoms. The van der Waals surface area contributed by atoms with E-state index in [2.05, 4.69) is 16.5 Å². The molecule has 16 heavy (non-hydrogen) atoms. The van der Waals surface area contributed by atoms with E-state index in [0.29, 0.717) is 0 Å². The van der Waals surface area contributed by atoms with Crippen LogP contribution < -0.4 is 0 Å². The van der Waals surface area contributed by atoms with Crippen molar-refractivity contribution in [2.45, 2.75) is 31.2 Å². The van der Waals surface area contributed by atoms with Gasteiger partial charge in [0.05, 0.1) is 17.6 Å². The second-order valence-electron chi connectivity index (χ2n) is 4.56. The Morgan fingerprint density at radius 2 is 2.44 bits per heavy atom. The smallest absolute Gasteiger partial charge is 0.246 e. The number of rotatable bonds is 1. The largest absolute Gasteiger partial charge is 0.348 e. The first-order valence-corrected chi connectivity index (χ1v) is 5.75. The molecule has 0 bridgehead atoms. The van der Waals surface area contributed by atoms with Crippen molar-refractivity contribution in [1.29, 1.82) is 0 Å². The lowest BCUT2D eigenvalue weighted by molar-refractivity contribution is -0.138. The molecular weight excluding hydrogens is 202 g/mol. The lowest BCUT2D eigenvalue weighted by Crippen LogP contribution is -2.56. The first kappa shape index (κ1) is 9.63. The van der Waals surface area contributed by atoms with Crippen LogP contribution in [0.5, 0.6) is 0 Å². The number of imidazole rings is 1. The van der Waals surface area contributed by atoms with Gasteiger partial charge >= 0.3 is 0 Å². The molecule has 1 spiro atoms. The van der Waals surface area contributed by atoms with Crippen LogP contribution >= 0.6 is 0 Å². The number of carbonyl (C=O) groups is 1. The number of amides is 1. The molecule has 2 aliphatic rings. The molecule has 1 fully saturated rings. The lowest BCUT2D eigenvalue weighted by Gasteiger charge is -2.51. The lowest BCUT2D eigenvalue weighted by atomic mass is 9.70. The summed E-state index contributed by atoms with van der Waals surface area (Å²) in [6, 6.07) is 0. The van der Waals surface area contributed by atoms with Crippen LogP contribution in [0.25, 0.3) is 0 Å². The van der Waals surface area contributed by atoms with E-state index >= 15 is 0 Å². The zero-order chi connectivity index (χ0) is 11.2. The van der Waals surface area contributed by atoms with Gasteiger partial charge in [-0.15, -0.1) is 0 Å². The highest BCUT2D eigenvalue weighted by Gasteiger charge is 2.50. The van der Waals surface area contributed by atoms with Crippen LogP contribution in [0.2, 0.25) is 0 Å². The minimum absolute atomic E-state index is 0.0355. The second-order valence-corrected chi connectivity index (χ2v) is 4.56. The first-order valence-electron chi connectivity index (χ1n) is 5.75. The van der Waals surface area contributed by atoms with Gasteiger partial charge in [-0.05, 0) is 25.3 Å². The summed E-state index contributed by atoms with van der Waals surface area (Å²) in [6.45, 7) is 4.36. The number of hydrogen-bond acceptors (Lipinski definition) is 2. The van der Waals surface area contributed by atoms with Crippen molar-refractivity contribution in [3.05, 3.63) is 30.4 Å². The molecule has 1 aliphatic carbocycles. The fraction of sp³-hybridized carbons (Fsp3) is 0.500. The Balaban J connectivity index is 2.06. The molecule has 0 aromatic carbocycles.